The van der Waals surface area contributed by atoms with Crippen LogP contribution in [0, 0.1) is 0 Å². The molecule has 6 heteroatoms. The van der Waals surface area contributed by atoms with Gasteiger partial charge >= 0.3 is 0 Å². The van der Waals surface area contributed by atoms with Crippen molar-refractivity contribution < 1.29 is 14.3 Å². The van der Waals surface area contributed by atoms with Crippen molar-refractivity contribution in [3.05, 3.63) is 70.4 Å². The summed E-state index contributed by atoms with van der Waals surface area (Å²) in [5.41, 5.74) is 1.41. The number of methoxy groups -OCH3 is 1. The van der Waals surface area contributed by atoms with Gasteiger partial charge in [-0.15, -0.1) is 0 Å². The van der Waals surface area contributed by atoms with Crippen LogP contribution in [0.15, 0.2) is 54.2 Å². The number of ether oxygens (including phenoxy) is 1. The number of nitrogens with one attached hydrogen (secondary N) is 1. The number of halogens is 1. The van der Waals surface area contributed by atoms with Crippen LogP contribution in [-0.2, 0) is 4.79 Å². The summed E-state index contributed by atoms with van der Waals surface area (Å²) in [6, 6.07) is 13.7. The zero-order valence-electron chi connectivity index (χ0n) is 15.7. The molecule has 0 radical (unpaired) electrons. The van der Waals surface area contributed by atoms with Crippen LogP contribution in [0.2, 0.25) is 5.02 Å². The Hall–Kier alpha value is -2.79. The van der Waals surface area contributed by atoms with Crippen LogP contribution < -0.4 is 10.1 Å². The largest absolute Gasteiger partial charge is 0.497 e. The minimum absolute atomic E-state index is 0.210. The highest BCUT2D eigenvalue weighted by Gasteiger charge is 2.19. The lowest BCUT2D eigenvalue weighted by Gasteiger charge is -2.21. The minimum atomic E-state index is -0.363. The second-order valence-corrected chi connectivity index (χ2v) is 6.21. The number of hydrogen-bond donors (Lipinski definition) is 1. The molecule has 0 unspecified atom stereocenters. The number of carbonyl (C=O) groups excluding carboxylic acids is 2. The molecule has 0 spiro atoms. The minimum Gasteiger partial charge on any atom is -0.497 e. The molecule has 0 heterocycles. The summed E-state index contributed by atoms with van der Waals surface area (Å²) >= 11 is 5.92. The Morgan fingerprint density at radius 3 is 2.15 bits per heavy atom. The predicted molar refractivity (Wildman–Crippen MR) is 108 cm³/mol. The fourth-order valence-corrected chi connectivity index (χ4v) is 2.62. The number of likely N-dealkylation sites (N-methyl/N-ethyl adjacent to an activating group) is 1. The Bertz CT molecular complexity index is 810. The molecule has 0 aliphatic heterocycles. The van der Waals surface area contributed by atoms with Crippen LogP contribution in [0.5, 0.6) is 5.75 Å². The van der Waals surface area contributed by atoms with Crippen LogP contribution in [0.25, 0.3) is 6.08 Å². The lowest BCUT2D eigenvalue weighted by Crippen LogP contribution is -2.38. The van der Waals surface area contributed by atoms with Crippen molar-refractivity contribution in [2.75, 3.05) is 20.2 Å². The van der Waals surface area contributed by atoms with Gasteiger partial charge in [-0.1, -0.05) is 23.7 Å². The van der Waals surface area contributed by atoms with E-state index < -0.39 is 0 Å². The highest BCUT2D eigenvalue weighted by Crippen LogP contribution is 2.15. The van der Waals surface area contributed by atoms with Crippen LogP contribution >= 0.6 is 11.6 Å². The molecule has 0 aliphatic rings. The average Bonchev–Trinajstić information content (AvgIpc) is 2.70. The maximum atomic E-state index is 12.8. The van der Waals surface area contributed by atoms with E-state index in [1.54, 1.807) is 66.6 Å². The van der Waals surface area contributed by atoms with Crippen LogP contribution in [0.4, 0.5) is 0 Å². The zero-order chi connectivity index (χ0) is 19.8. The van der Waals surface area contributed by atoms with E-state index >= 15 is 0 Å². The summed E-state index contributed by atoms with van der Waals surface area (Å²) in [6.07, 6.45) is 1.65. The van der Waals surface area contributed by atoms with Gasteiger partial charge in [0.05, 0.1) is 7.11 Å². The lowest BCUT2D eigenvalue weighted by atomic mass is 10.1. The van der Waals surface area contributed by atoms with Crippen molar-refractivity contribution in [3.8, 4) is 5.75 Å². The maximum Gasteiger partial charge on any atom is 0.270 e. The van der Waals surface area contributed by atoms with Gasteiger partial charge in [-0.05, 0) is 61.9 Å². The third-order valence-corrected chi connectivity index (χ3v) is 4.31. The van der Waals surface area contributed by atoms with Crippen LogP contribution in [0.1, 0.15) is 29.8 Å². The molecule has 0 saturated heterocycles. The van der Waals surface area contributed by atoms with Gasteiger partial charge in [0, 0.05) is 23.7 Å². The zero-order valence-corrected chi connectivity index (χ0v) is 16.4. The molecule has 0 bridgehead atoms. The smallest absolute Gasteiger partial charge is 0.270 e. The quantitative estimate of drug-likeness (QED) is 0.732. The molecule has 1 N–H and O–H groups in total. The molecule has 142 valence electrons. The van der Waals surface area contributed by atoms with Gasteiger partial charge in [0.1, 0.15) is 11.4 Å². The highest BCUT2D eigenvalue weighted by atomic mass is 35.5. The summed E-state index contributed by atoms with van der Waals surface area (Å²) in [4.78, 5) is 27.1. The number of benzene rings is 2. The summed E-state index contributed by atoms with van der Waals surface area (Å²) < 4.78 is 5.10. The number of nitrogens with zero attached hydrogens (tertiary/aromatic N) is 1. The van der Waals surface area contributed by atoms with Crippen molar-refractivity contribution >= 4 is 29.5 Å². The Morgan fingerprint density at radius 1 is 1.04 bits per heavy atom. The molecule has 0 fully saturated rings. The molecule has 5 nitrogen and oxygen atoms in total. The number of hydrogen-bond acceptors (Lipinski definition) is 3. The van der Waals surface area contributed by atoms with Gasteiger partial charge in [0.25, 0.3) is 11.8 Å². The molecule has 0 aromatic heterocycles. The van der Waals surface area contributed by atoms with E-state index in [0.29, 0.717) is 29.4 Å². The second-order valence-electron chi connectivity index (χ2n) is 5.77. The third-order valence-electron chi connectivity index (χ3n) is 4.06. The maximum absolute atomic E-state index is 12.8. The Kier molecular flexibility index (Phi) is 7.44. The third kappa shape index (κ3) is 5.59. The van der Waals surface area contributed by atoms with E-state index in [1.165, 1.54) is 0 Å². The Morgan fingerprint density at radius 2 is 1.63 bits per heavy atom. The number of rotatable bonds is 7. The standard InChI is InChI=1S/C21H23ClN2O3/c1-4-24(5-2)21(26)19(14-15-6-10-17(22)11-7-15)23-20(25)16-8-12-18(27-3)13-9-16/h6-14H,4-5H2,1-3H3,(H,23,25). The summed E-state index contributed by atoms with van der Waals surface area (Å²) in [7, 11) is 1.56. The van der Waals surface area contributed by atoms with Gasteiger partial charge in [-0.25, -0.2) is 0 Å². The molecule has 27 heavy (non-hydrogen) atoms. The van der Waals surface area contributed by atoms with Crippen molar-refractivity contribution in [2.24, 2.45) is 0 Å². The van der Waals surface area contributed by atoms with Crippen molar-refractivity contribution in [2.45, 2.75) is 13.8 Å². The lowest BCUT2D eigenvalue weighted by molar-refractivity contribution is -0.127. The SMILES string of the molecule is CCN(CC)C(=O)C(=Cc1ccc(Cl)cc1)NC(=O)c1ccc(OC)cc1. The van der Waals surface area contributed by atoms with Crippen molar-refractivity contribution in [1.82, 2.24) is 10.2 Å². The van der Waals surface area contributed by atoms with E-state index in [1.807, 2.05) is 13.8 Å². The number of carbonyl (C=O) groups is 2. The molecule has 0 atom stereocenters. The van der Waals surface area contributed by atoms with Gasteiger partial charge in [-0.3, -0.25) is 9.59 Å². The molecule has 2 aromatic carbocycles. The topological polar surface area (TPSA) is 58.6 Å². The highest BCUT2D eigenvalue weighted by molar-refractivity contribution is 6.30. The summed E-state index contributed by atoms with van der Waals surface area (Å²) in [6.45, 7) is 4.89. The van der Waals surface area contributed by atoms with Crippen molar-refractivity contribution in [3.63, 3.8) is 0 Å². The van der Waals surface area contributed by atoms with Crippen LogP contribution in [-0.4, -0.2) is 36.9 Å². The van der Waals surface area contributed by atoms with E-state index in [2.05, 4.69) is 5.32 Å². The van der Waals surface area contributed by atoms with E-state index in [0.717, 1.165) is 5.56 Å². The molecule has 0 saturated carbocycles. The normalized spacial score (nSPS) is 11.0. The first-order valence-corrected chi connectivity index (χ1v) is 9.08. The summed E-state index contributed by atoms with van der Waals surface area (Å²) in [5.74, 6) is 0.0536. The van der Waals surface area contributed by atoms with Gasteiger partial charge in [0.2, 0.25) is 0 Å². The number of amides is 2. The van der Waals surface area contributed by atoms with Gasteiger partial charge in [0.15, 0.2) is 0 Å². The molecular formula is C21H23ClN2O3. The first kappa shape index (κ1) is 20.5. The molecule has 2 amide bonds. The Labute approximate surface area is 164 Å². The molecular weight excluding hydrogens is 364 g/mol. The first-order valence-electron chi connectivity index (χ1n) is 8.70. The second kappa shape index (κ2) is 9.78. The molecule has 0 aliphatic carbocycles. The summed E-state index contributed by atoms with van der Waals surface area (Å²) in [5, 5.41) is 3.34. The molecule has 2 aromatic rings. The first-order chi connectivity index (χ1) is 13.0. The Balaban J connectivity index is 2.31. The van der Waals surface area contributed by atoms with Crippen LogP contribution in [0.3, 0.4) is 0 Å². The van der Waals surface area contributed by atoms with E-state index in [4.69, 9.17) is 16.3 Å². The van der Waals surface area contributed by atoms with Crippen molar-refractivity contribution in [1.29, 1.82) is 0 Å². The fraction of sp³-hybridized carbons (Fsp3) is 0.238. The van der Waals surface area contributed by atoms with E-state index in [-0.39, 0.29) is 17.5 Å². The van der Waals surface area contributed by atoms with Gasteiger partial charge < -0.3 is 15.0 Å². The molecule has 2 rings (SSSR count). The monoisotopic (exact) mass is 386 g/mol. The average molecular weight is 387 g/mol. The van der Waals surface area contributed by atoms with Gasteiger partial charge in [-0.2, -0.15) is 0 Å². The van der Waals surface area contributed by atoms with E-state index in [9.17, 15) is 9.59 Å². The fourth-order valence-electron chi connectivity index (χ4n) is 2.49. The predicted octanol–water partition coefficient (Wildman–Crippen LogP) is 3.99.